The van der Waals surface area contributed by atoms with E-state index in [1.807, 2.05) is 30.3 Å². The Morgan fingerprint density at radius 2 is 2.00 bits per heavy atom. The molecule has 1 saturated carbocycles. The molecule has 0 N–H and O–H groups in total. The lowest BCUT2D eigenvalue weighted by Gasteiger charge is -2.08. The van der Waals surface area contributed by atoms with Crippen molar-refractivity contribution in [2.24, 2.45) is 11.8 Å². The lowest BCUT2D eigenvalue weighted by molar-refractivity contribution is -0.122. The van der Waals surface area contributed by atoms with Crippen molar-refractivity contribution in [3.05, 3.63) is 35.9 Å². The Morgan fingerprint density at radius 1 is 1.36 bits per heavy atom. The van der Waals surface area contributed by atoms with Crippen LogP contribution in [0.4, 0.5) is 0 Å². The number of hydrogen-bond acceptors (Lipinski definition) is 1. The summed E-state index contributed by atoms with van der Waals surface area (Å²) in [4.78, 5) is 11.8. The molecule has 1 aliphatic rings. The molecule has 1 aromatic carbocycles. The minimum absolute atomic E-state index is 0.273. The van der Waals surface area contributed by atoms with E-state index in [4.69, 9.17) is 0 Å². The topological polar surface area (TPSA) is 17.1 Å². The van der Waals surface area contributed by atoms with Gasteiger partial charge in [0.15, 0.2) is 0 Å². The van der Waals surface area contributed by atoms with Crippen molar-refractivity contribution < 1.29 is 4.79 Å². The molecule has 1 aliphatic carbocycles. The van der Waals surface area contributed by atoms with Gasteiger partial charge in [-0.2, -0.15) is 0 Å². The molecule has 0 heterocycles. The first-order valence-electron chi connectivity index (χ1n) is 5.34. The maximum Gasteiger partial charge on any atom is 0.140 e. The highest BCUT2D eigenvalue weighted by molar-refractivity contribution is 5.83. The van der Waals surface area contributed by atoms with Crippen LogP contribution in [-0.4, -0.2) is 5.78 Å². The van der Waals surface area contributed by atoms with E-state index in [2.05, 4.69) is 6.92 Å². The number of benzene rings is 1. The molecule has 0 spiro atoms. The summed E-state index contributed by atoms with van der Waals surface area (Å²) in [5, 5.41) is 0. The normalized spacial score (nSPS) is 17.8. The molecule has 2 rings (SSSR count). The molecule has 1 nitrogen and oxygen atoms in total. The predicted octanol–water partition coefficient (Wildman–Crippen LogP) is 2.84. The highest BCUT2D eigenvalue weighted by atomic mass is 16.1. The first-order valence-corrected chi connectivity index (χ1v) is 5.34. The van der Waals surface area contributed by atoms with Gasteiger partial charge in [-0.15, -0.1) is 0 Å². The number of carbonyl (C=O) groups is 1. The number of Topliss-reactive ketones (excluding diaryl/α,β-unsaturated/α-hetero) is 1. The van der Waals surface area contributed by atoms with Crippen LogP contribution in [0.15, 0.2) is 30.3 Å². The molecule has 0 bridgehead atoms. The van der Waals surface area contributed by atoms with E-state index < -0.39 is 0 Å². The van der Waals surface area contributed by atoms with E-state index in [1.54, 1.807) is 0 Å². The van der Waals surface area contributed by atoms with E-state index >= 15 is 0 Å². The number of carbonyl (C=O) groups excluding carboxylic acids is 1. The maximum atomic E-state index is 11.8. The first kappa shape index (κ1) is 9.45. The molecule has 1 aromatic rings. The second-order valence-corrected chi connectivity index (χ2v) is 4.25. The lowest BCUT2D eigenvalue weighted by atomic mass is 9.95. The number of rotatable bonds is 4. The second-order valence-electron chi connectivity index (χ2n) is 4.25. The summed E-state index contributed by atoms with van der Waals surface area (Å²) < 4.78 is 0. The van der Waals surface area contributed by atoms with Gasteiger partial charge in [0.05, 0.1) is 0 Å². The highest BCUT2D eigenvalue weighted by Gasteiger charge is 2.32. The van der Waals surface area contributed by atoms with E-state index in [9.17, 15) is 4.79 Å². The standard InChI is InChI=1S/C13H16O/c1-10(12-7-8-12)13(14)9-11-5-3-2-4-6-11/h2-6,10,12H,7-9H2,1H3. The van der Waals surface area contributed by atoms with Gasteiger partial charge in [-0.25, -0.2) is 0 Å². The quantitative estimate of drug-likeness (QED) is 0.710. The Bertz CT molecular complexity index is 311. The molecule has 1 fully saturated rings. The molecular formula is C13H16O. The molecule has 0 aliphatic heterocycles. The fourth-order valence-corrected chi connectivity index (χ4v) is 1.82. The Hall–Kier alpha value is -1.11. The van der Waals surface area contributed by atoms with Gasteiger partial charge in [0.1, 0.15) is 5.78 Å². The Balaban J connectivity index is 1.94. The van der Waals surface area contributed by atoms with Gasteiger partial charge >= 0.3 is 0 Å². The minimum atomic E-state index is 0.273. The number of hydrogen-bond donors (Lipinski definition) is 0. The van der Waals surface area contributed by atoms with Crippen molar-refractivity contribution in [1.29, 1.82) is 0 Å². The monoisotopic (exact) mass is 188 g/mol. The summed E-state index contributed by atoms with van der Waals surface area (Å²) >= 11 is 0. The summed E-state index contributed by atoms with van der Waals surface area (Å²) in [5.74, 6) is 1.36. The van der Waals surface area contributed by atoms with Crippen LogP contribution in [0.5, 0.6) is 0 Å². The Morgan fingerprint density at radius 3 is 2.57 bits per heavy atom. The predicted molar refractivity (Wildman–Crippen MR) is 57.0 cm³/mol. The van der Waals surface area contributed by atoms with Crippen molar-refractivity contribution in [2.45, 2.75) is 26.2 Å². The maximum absolute atomic E-state index is 11.8. The summed E-state index contributed by atoms with van der Waals surface area (Å²) in [5.41, 5.74) is 1.14. The first-order chi connectivity index (χ1) is 6.77. The fraction of sp³-hybridized carbons (Fsp3) is 0.462. The van der Waals surface area contributed by atoms with Crippen LogP contribution in [0, 0.1) is 11.8 Å². The van der Waals surface area contributed by atoms with Crippen LogP contribution in [0.25, 0.3) is 0 Å². The zero-order chi connectivity index (χ0) is 9.97. The van der Waals surface area contributed by atoms with Crippen LogP contribution in [-0.2, 0) is 11.2 Å². The molecule has 0 amide bonds. The molecule has 1 heteroatoms. The molecule has 1 unspecified atom stereocenters. The zero-order valence-electron chi connectivity index (χ0n) is 8.57. The Labute approximate surface area is 85.1 Å². The van der Waals surface area contributed by atoms with E-state index in [-0.39, 0.29) is 5.92 Å². The van der Waals surface area contributed by atoms with Gasteiger partial charge in [0.2, 0.25) is 0 Å². The fourth-order valence-electron chi connectivity index (χ4n) is 1.82. The van der Waals surface area contributed by atoms with E-state index in [1.165, 1.54) is 12.8 Å². The van der Waals surface area contributed by atoms with Crippen molar-refractivity contribution in [2.75, 3.05) is 0 Å². The molecule has 0 saturated heterocycles. The van der Waals surface area contributed by atoms with Gasteiger partial charge in [0.25, 0.3) is 0 Å². The van der Waals surface area contributed by atoms with Crippen LogP contribution >= 0.6 is 0 Å². The molecule has 14 heavy (non-hydrogen) atoms. The van der Waals surface area contributed by atoms with Crippen LogP contribution in [0.3, 0.4) is 0 Å². The molecule has 1 atom stereocenters. The second kappa shape index (κ2) is 3.95. The molecule has 0 radical (unpaired) electrons. The summed E-state index contributed by atoms with van der Waals surface area (Å²) in [7, 11) is 0. The highest BCUT2D eigenvalue weighted by Crippen LogP contribution is 2.37. The van der Waals surface area contributed by atoms with E-state index in [0.29, 0.717) is 18.1 Å². The van der Waals surface area contributed by atoms with Crippen LogP contribution in [0.1, 0.15) is 25.3 Å². The third kappa shape index (κ3) is 2.22. The average Bonchev–Trinajstić information content (AvgIpc) is 3.01. The average molecular weight is 188 g/mol. The van der Waals surface area contributed by atoms with Crippen LogP contribution < -0.4 is 0 Å². The molecule has 74 valence electrons. The van der Waals surface area contributed by atoms with Gasteiger partial charge < -0.3 is 0 Å². The number of ketones is 1. The summed E-state index contributed by atoms with van der Waals surface area (Å²) in [6, 6.07) is 10.0. The lowest BCUT2D eigenvalue weighted by Crippen LogP contribution is -2.15. The van der Waals surface area contributed by atoms with Crippen molar-refractivity contribution >= 4 is 5.78 Å². The van der Waals surface area contributed by atoms with Crippen LogP contribution in [0.2, 0.25) is 0 Å². The van der Waals surface area contributed by atoms with Gasteiger partial charge in [-0.05, 0) is 24.3 Å². The van der Waals surface area contributed by atoms with Gasteiger partial charge in [-0.3, -0.25) is 4.79 Å². The Kier molecular flexibility index (Phi) is 2.67. The summed E-state index contributed by atoms with van der Waals surface area (Å²) in [6.45, 7) is 2.07. The SMILES string of the molecule is CC(C(=O)Cc1ccccc1)C1CC1. The molecule has 0 aromatic heterocycles. The smallest absolute Gasteiger partial charge is 0.140 e. The third-order valence-corrected chi connectivity index (χ3v) is 3.06. The van der Waals surface area contributed by atoms with Gasteiger partial charge in [0, 0.05) is 12.3 Å². The van der Waals surface area contributed by atoms with Crippen molar-refractivity contribution in [3.63, 3.8) is 0 Å². The zero-order valence-corrected chi connectivity index (χ0v) is 8.57. The largest absolute Gasteiger partial charge is 0.299 e. The molecular weight excluding hydrogens is 172 g/mol. The van der Waals surface area contributed by atoms with Gasteiger partial charge in [-0.1, -0.05) is 37.3 Å². The van der Waals surface area contributed by atoms with Crippen molar-refractivity contribution in [3.8, 4) is 0 Å². The van der Waals surface area contributed by atoms with Crippen molar-refractivity contribution in [1.82, 2.24) is 0 Å². The van der Waals surface area contributed by atoms with E-state index in [0.717, 1.165) is 5.56 Å². The minimum Gasteiger partial charge on any atom is -0.299 e. The summed E-state index contributed by atoms with van der Waals surface area (Å²) in [6.07, 6.45) is 3.11. The third-order valence-electron chi connectivity index (χ3n) is 3.06.